The fourth-order valence-corrected chi connectivity index (χ4v) is 2.15. The zero-order valence-corrected chi connectivity index (χ0v) is 15.6. The standard InChI is InChI=1S/C16H17N5O2.C2HF3O2/c1-10(22)8-18-16(23)15-7-13(4-5-17-15)20-12-2-3-14-11(6-12)9-19-21-14;3-2(4,5)1(6)7/h2-7,9-10,22H,8H2,1H3,(H,17,20)(H,18,23)(H,19,21);(H,6,7)/t10-;/m0./s1. The van der Waals surface area contributed by atoms with Gasteiger partial charge in [0.05, 0.1) is 17.8 Å². The molecule has 0 unspecified atom stereocenters. The van der Waals surface area contributed by atoms with E-state index in [0.717, 1.165) is 22.3 Å². The van der Waals surface area contributed by atoms with E-state index < -0.39 is 18.2 Å². The SMILES string of the molecule is C[C@H](O)CNC(=O)c1cc(Nc2ccc3[nH]ncc3c2)ccn1.O=C(O)C(F)(F)F. The molecule has 12 heteroatoms. The minimum atomic E-state index is -5.08. The van der Waals surface area contributed by atoms with E-state index in [1.807, 2.05) is 18.2 Å². The van der Waals surface area contributed by atoms with E-state index in [4.69, 9.17) is 9.90 Å². The third-order valence-electron chi connectivity index (χ3n) is 3.52. The lowest BCUT2D eigenvalue weighted by molar-refractivity contribution is -0.192. The van der Waals surface area contributed by atoms with Crippen molar-refractivity contribution in [2.75, 3.05) is 11.9 Å². The van der Waals surface area contributed by atoms with Crippen LogP contribution in [0.3, 0.4) is 0 Å². The highest BCUT2D eigenvalue weighted by molar-refractivity contribution is 5.93. The number of rotatable bonds is 5. The number of alkyl halides is 3. The summed E-state index contributed by atoms with van der Waals surface area (Å²) in [7, 11) is 0. The smallest absolute Gasteiger partial charge is 0.475 e. The first-order chi connectivity index (χ1) is 14.1. The number of carboxylic acids is 1. The van der Waals surface area contributed by atoms with Gasteiger partial charge in [-0.2, -0.15) is 18.3 Å². The number of H-pyrrole nitrogens is 1. The van der Waals surface area contributed by atoms with Crippen molar-refractivity contribution in [2.24, 2.45) is 0 Å². The van der Waals surface area contributed by atoms with Gasteiger partial charge in [0.15, 0.2) is 0 Å². The Bertz CT molecular complexity index is 1020. The Balaban J connectivity index is 0.000000396. The number of fused-ring (bicyclic) bond motifs is 1. The highest BCUT2D eigenvalue weighted by Gasteiger charge is 2.38. The molecule has 2 heterocycles. The maximum Gasteiger partial charge on any atom is 0.490 e. The number of aromatic amines is 1. The van der Waals surface area contributed by atoms with Gasteiger partial charge in [-0.15, -0.1) is 0 Å². The molecule has 0 aliphatic heterocycles. The number of hydrogen-bond acceptors (Lipinski definition) is 6. The summed E-state index contributed by atoms with van der Waals surface area (Å²) in [6.45, 7) is 1.80. The molecule has 0 saturated carbocycles. The molecule has 160 valence electrons. The number of nitrogens with one attached hydrogen (secondary N) is 3. The predicted octanol–water partition coefficient (Wildman–Crippen LogP) is 2.45. The molecule has 0 fully saturated rings. The molecule has 0 aliphatic rings. The van der Waals surface area contributed by atoms with E-state index in [-0.39, 0.29) is 12.5 Å². The highest BCUT2D eigenvalue weighted by atomic mass is 19.4. The lowest BCUT2D eigenvalue weighted by atomic mass is 10.2. The van der Waals surface area contributed by atoms with Crippen LogP contribution in [0.15, 0.2) is 42.7 Å². The van der Waals surface area contributed by atoms with Gasteiger partial charge in [-0.25, -0.2) is 4.79 Å². The molecular weight excluding hydrogens is 407 g/mol. The molecule has 5 N–H and O–H groups in total. The number of benzene rings is 1. The summed E-state index contributed by atoms with van der Waals surface area (Å²) in [4.78, 5) is 24.9. The molecular formula is C18H18F3N5O4. The van der Waals surface area contributed by atoms with Crippen LogP contribution >= 0.6 is 0 Å². The number of aliphatic hydroxyl groups excluding tert-OH is 1. The number of aromatic nitrogens is 3. The summed E-state index contributed by atoms with van der Waals surface area (Å²) in [6, 6.07) is 9.27. The molecule has 0 bridgehead atoms. The van der Waals surface area contributed by atoms with Gasteiger partial charge in [-0.05, 0) is 37.3 Å². The number of amides is 1. The van der Waals surface area contributed by atoms with E-state index >= 15 is 0 Å². The zero-order valence-electron chi connectivity index (χ0n) is 15.6. The first-order valence-corrected chi connectivity index (χ1v) is 8.49. The Kier molecular flexibility index (Phi) is 7.31. The second-order valence-electron chi connectivity index (χ2n) is 6.09. The third kappa shape index (κ3) is 6.74. The van der Waals surface area contributed by atoms with Gasteiger partial charge < -0.3 is 20.8 Å². The van der Waals surface area contributed by atoms with Crippen LogP contribution in [0.2, 0.25) is 0 Å². The Morgan fingerprint density at radius 2 is 1.87 bits per heavy atom. The molecule has 1 atom stereocenters. The van der Waals surface area contributed by atoms with Crippen molar-refractivity contribution in [1.82, 2.24) is 20.5 Å². The van der Waals surface area contributed by atoms with Crippen LogP contribution in [0.25, 0.3) is 10.9 Å². The molecule has 2 aromatic heterocycles. The molecule has 1 amide bonds. The van der Waals surface area contributed by atoms with Crippen LogP contribution in [-0.2, 0) is 4.79 Å². The number of nitrogens with zero attached hydrogens (tertiary/aromatic N) is 2. The lowest BCUT2D eigenvalue weighted by Crippen LogP contribution is -2.31. The first-order valence-electron chi connectivity index (χ1n) is 8.49. The number of carboxylic acid groups (broad SMARTS) is 1. The van der Waals surface area contributed by atoms with Gasteiger partial charge in [0.2, 0.25) is 0 Å². The average Bonchev–Trinajstić information content (AvgIpc) is 3.14. The van der Waals surface area contributed by atoms with Gasteiger partial charge >= 0.3 is 12.1 Å². The zero-order chi connectivity index (χ0) is 22.3. The molecule has 0 spiro atoms. The Morgan fingerprint density at radius 3 is 2.50 bits per heavy atom. The largest absolute Gasteiger partial charge is 0.490 e. The molecule has 1 aromatic carbocycles. The van der Waals surface area contributed by atoms with Crippen LogP contribution in [0.1, 0.15) is 17.4 Å². The number of anilines is 2. The minimum absolute atomic E-state index is 0.190. The van der Waals surface area contributed by atoms with Crippen LogP contribution in [0, 0.1) is 0 Å². The number of carbonyl (C=O) groups excluding carboxylic acids is 1. The van der Waals surface area contributed by atoms with Crippen molar-refractivity contribution < 1.29 is 33.0 Å². The monoisotopic (exact) mass is 425 g/mol. The van der Waals surface area contributed by atoms with Crippen LogP contribution in [0.4, 0.5) is 24.5 Å². The predicted molar refractivity (Wildman–Crippen MR) is 101 cm³/mol. The van der Waals surface area contributed by atoms with Crippen molar-refractivity contribution in [3.8, 4) is 0 Å². The lowest BCUT2D eigenvalue weighted by Gasteiger charge is -2.09. The van der Waals surface area contributed by atoms with Crippen LogP contribution in [-0.4, -0.2) is 56.1 Å². The topological polar surface area (TPSA) is 140 Å². The van der Waals surface area contributed by atoms with Crippen LogP contribution < -0.4 is 10.6 Å². The third-order valence-corrected chi connectivity index (χ3v) is 3.52. The normalized spacial score (nSPS) is 11.9. The first kappa shape index (κ1) is 22.6. The average molecular weight is 425 g/mol. The van der Waals surface area contributed by atoms with Gasteiger partial charge in [0.1, 0.15) is 5.69 Å². The molecule has 3 aromatic rings. The Hall–Kier alpha value is -3.67. The molecule has 0 aliphatic carbocycles. The number of hydrogen-bond donors (Lipinski definition) is 5. The molecule has 0 saturated heterocycles. The molecule has 30 heavy (non-hydrogen) atoms. The van der Waals surface area contributed by atoms with Crippen molar-refractivity contribution in [3.05, 3.63) is 48.4 Å². The quantitative estimate of drug-likeness (QED) is 0.423. The summed E-state index contributed by atoms with van der Waals surface area (Å²) in [6.07, 6.45) is -2.36. The Labute approximate surface area is 167 Å². The minimum Gasteiger partial charge on any atom is -0.475 e. The van der Waals surface area contributed by atoms with E-state index in [1.54, 1.807) is 31.5 Å². The van der Waals surface area contributed by atoms with Gasteiger partial charge in [-0.3, -0.25) is 14.9 Å². The number of halogens is 3. The van der Waals surface area contributed by atoms with Crippen molar-refractivity contribution in [2.45, 2.75) is 19.2 Å². The van der Waals surface area contributed by atoms with E-state index in [2.05, 4.69) is 25.8 Å². The molecule has 9 nitrogen and oxygen atoms in total. The molecule has 0 radical (unpaired) electrons. The number of pyridine rings is 1. The van der Waals surface area contributed by atoms with Gasteiger partial charge in [0, 0.05) is 29.5 Å². The highest BCUT2D eigenvalue weighted by Crippen LogP contribution is 2.21. The summed E-state index contributed by atoms with van der Waals surface area (Å²) in [5, 5.41) is 30.1. The fraction of sp³-hybridized carbons (Fsp3) is 0.222. The van der Waals surface area contributed by atoms with E-state index in [1.165, 1.54) is 0 Å². The second kappa shape index (κ2) is 9.69. The van der Waals surface area contributed by atoms with Crippen molar-refractivity contribution >= 4 is 34.2 Å². The summed E-state index contributed by atoms with van der Waals surface area (Å²) < 4.78 is 31.7. The van der Waals surface area contributed by atoms with Gasteiger partial charge in [0.25, 0.3) is 5.91 Å². The number of aliphatic carboxylic acids is 1. The summed E-state index contributed by atoms with van der Waals surface area (Å²) >= 11 is 0. The van der Waals surface area contributed by atoms with E-state index in [9.17, 15) is 23.1 Å². The maximum atomic E-state index is 12.0. The Morgan fingerprint density at radius 1 is 1.20 bits per heavy atom. The van der Waals surface area contributed by atoms with Gasteiger partial charge in [-0.1, -0.05) is 0 Å². The van der Waals surface area contributed by atoms with Crippen LogP contribution in [0.5, 0.6) is 0 Å². The second-order valence-corrected chi connectivity index (χ2v) is 6.09. The van der Waals surface area contributed by atoms with Crippen molar-refractivity contribution in [1.29, 1.82) is 0 Å². The molecule has 3 rings (SSSR count). The van der Waals surface area contributed by atoms with Crippen molar-refractivity contribution in [3.63, 3.8) is 0 Å². The summed E-state index contributed by atoms with van der Waals surface area (Å²) in [5.74, 6) is -3.08. The number of carbonyl (C=O) groups is 2. The maximum absolute atomic E-state index is 12.0. The summed E-state index contributed by atoms with van der Waals surface area (Å²) in [5.41, 5.74) is 2.90. The van der Waals surface area contributed by atoms with E-state index in [0.29, 0.717) is 5.69 Å². The fourth-order valence-electron chi connectivity index (χ4n) is 2.15. The number of aliphatic hydroxyl groups is 1.